The van der Waals surface area contributed by atoms with Crippen molar-refractivity contribution in [1.29, 1.82) is 0 Å². The van der Waals surface area contributed by atoms with Gasteiger partial charge in [-0.15, -0.1) is 0 Å². The lowest BCUT2D eigenvalue weighted by molar-refractivity contribution is 0.233. The van der Waals surface area contributed by atoms with Gasteiger partial charge in [0.25, 0.3) is 0 Å². The monoisotopic (exact) mass is 167 g/mol. The summed E-state index contributed by atoms with van der Waals surface area (Å²) in [5, 5.41) is 10.8. The van der Waals surface area contributed by atoms with Crippen molar-refractivity contribution >= 4 is 17.7 Å². The van der Waals surface area contributed by atoms with Crippen LogP contribution in [0.1, 0.15) is 5.56 Å². The third-order valence-electron chi connectivity index (χ3n) is 1.26. The summed E-state index contributed by atoms with van der Waals surface area (Å²) in [4.78, 5) is 0. The lowest BCUT2D eigenvalue weighted by Crippen LogP contribution is -1.72. The molecule has 0 spiro atoms. The van der Waals surface area contributed by atoms with Crippen LogP contribution in [0.15, 0.2) is 30.3 Å². The van der Waals surface area contributed by atoms with E-state index in [1.165, 1.54) is 0 Å². The molecule has 0 atom stereocenters. The van der Waals surface area contributed by atoms with E-state index < -0.39 is 0 Å². The standard InChI is InChI=1S/C9H8ClO/c10-9-5-1-3-8(7-9)4-2-6-11/h1-5,7H,6H2/b4-2+. The van der Waals surface area contributed by atoms with Crippen molar-refractivity contribution in [2.75, 3.05) is 6.61 Å². The number of hydrogen-bond acceptors (Lipinski definition) is 0. The maximum absolute atomic E-state index is 10.1. The molecule has 1 radical (unpaired) electrons. The molecule has 0 saturated heterocycles. The van der Waals surface area contributed by atoms with Crippen molar-refractivity contribution < 1.29 is 5.11 Å². The summed E-state index contributed by atoms with van der Waals surface area (Å²) in [6, 6.07) is 7.37. The first-order valence-corrected chi connectivity index (χ1v) is 3.71. The van der Waals surface area contributed by atoms with Crippen molar-refractivity contribution in [2.24, 2.45) is 0 Å². The summed E-state index contributed by atoms with van der Waals surface area (Å²) >= 11 is 5.71. The van der Waals surface area contributed by atoms with Crippen molar-refractivity contribution in [2.45, 2.75) is 0 Å². The van der Waals surface area contributed by atoms with E-state index in [4.69, 9.17) is 11.6 Å². The topological polar surface area (TPSA) is 19.9 Å². The van der Waals surface area contributed by atoms with E-state index in [9.17, 15) is 5.11 Å². The van der Waals surface area contributed by atoms with Gasteiger partial charge >= 0.3 is 0 Å². The minimum atomic E-state index is -0.188. The first kappa shape index (κ1) is 8.31. The smallest absolute Gasteiger partial charge is 0.101 e. The van der Waals surface area contributed by atoms with Gasteiger partial charge in [-0.1, -0.05) is 35.9 Å². The second-order valence-electron chi connectivity index (χ2n) is 2.12. The van der Waals surface area contributed by atoms with E-state index in [2.05, 4.69) is 0 Å². The molecular weight excluding hydrogens is 160 g/mol. The molecule has 1 rings (SSSR count). The molecule has 0 aliphatic heterocycles. The fourth-order valence-corrected chi connectivity index (χ4v) is 0.993. The molecule has 1 aromatic rings. The maximum atomic E-state index is 10.1. The second-order valence-corrected chi connectivity index (χ2v) is 2.56. The van der Waals surface area contributed by atoms with Crippen molar-refractivity contribution in [1.82, 2.24) is 0 Å². The Kier molecular flexibility index (Phi) is 3.14. The van der Waals surface area contributed by atoms with E-state index in [0.717, 1.165) is 5.56 Å². The summed E-state index contributed by atoms with van der Waals surface area (Å²) in [6.45, 7) is -0.188. The van der Waals surface area contributed by atoms with Crippen LogP contribution in [0.4, 0.5) is 0 Å². The van der Waals surface area contributed by atoms with Gasteiger partial charge in [0, 0.05) is 5.02 Å². The predicted molar refractivity (Wildman–Crippen MR) is 46.0 cm³/mol. The molecule has 0 saturated carbocycles. The van der Waals surface area contributed by atoms with E-state index in [-0.39, 0.29) is 6.61 Å². The van der Waals surface area contributed by atoms with Crippen molar-refractivity contribution in [3.63, 3.8) is 0 Å². The summed E-state index contributed by atoms with van der Waals surface area (Å²) in [5.74, 6) is 0. The number of hydrogen-bond donors (Lipinski definition) is 0. The molecule has 2 heteroatoms. The van der Waals surface area contributed by atoms with Gasteiger partial charge in [-0.25, -0.2) is 5.11 Å². The Labute approximate surface area is 70.9 Å². The minimum absolute atomic E-state index is 0.188. The summed E-state index contributed by atoms with van der Waals surface area (Å²) < 4.78 is 0. The Morgan fingerprint density at radius 3 is 2.91 bits per heavy atom. The van der Waals surface area contributed by atoms with Crippen LogP contribution in [-0.2, 0) is 5.11 Å². The van der Waals surface area contributed by atoms with Gasteiger partial charge in [0.05, 0.1) is 0 Å². The fraction of sp³-hybridized carbons (Fsp3) is 0.111. The van der Waals surface area contributed by atoms with Gasteiger partial charge in [-0.3, -0.25) is 0 Å². The summed E-state index contributed by atoms with van der Waals surface area (Å²) in [5.41, 5.74) is 0.966. The highest BCUT2D eigenvalue weighted by molar-refractivity contribution is 6.30. The molecule has 0 bridgehead atoms. The van der Waals surface area contributed by atoms with Gasteiger partial charge in [-0.05, 0) is 17.7 Å². The Balaban J connectivity index is 2.79. The van der Waals surface area contributed by atoms with Crippen LogP contribution in [0.3, 0.4) is 0 Å². The zero-order valence-corrected chi connectivity index (χ0v) is 6.71. The van der Waals surface area contributed by atoms with Crippen LogP contribution in [0, 0.1) is 0 Å². The third-order valence-corrected chi connectivity index (χ3v) is 1.49. The molecule has 0 fully saturated rings. The largest absolute Gasteiger partial charge is 0.232 e. The van der Waals surface area contributed by atoms with E-state index in [1.807, 2.05) is 18.2 Å². The van der Waals surface area contributed by atoms with Gasteiger partial charge in [-0.2, -0.15) is 0 Å². The normalized spacial score (nSPS) is 10.7. The molecule has 1 nitrogen and oxygen atoms in total. The molecule has 0 aromatic heterocycles. The van der Waals surface area contributed by atoms with Crippen LogP contribution in [0.5, 0.6) is 0 Å². The molecule has 1 aromatic carbocycles. The average Bonchev–Trinajstić information content (AvgIpc) is 2.01. The molecule has 0 N–H and O–H groups in total. The predicted octanol–water partition coefficient (Wildman–Crippen LogP) is 2.78. The molecule has 0 amide bonds. The van der Waals surface area contributed by atoms with Crippen LogP contribution >= 0.6 is 11.6 Å². The Hall–Kier alpha value is -0.790. The van der Waals surface area contributed by atoms with Gasteiger partial charge in [0.2, 0.25) is 0 Å². The van der Waals surface area contributed by atoms with Crippen LogP contribution < -0.4 is 0 Å². The van der Waals surface area contributed by atoms with Gasteiger partial charge in [0.1, 0.15) is 6.61 Å². The second kappa shape index (κ2) is 4.16. The molecule has 0 heterocycles. The number of rotatable bonds is 2. The highest BCUT2D eigenvalue weighted by atomic mass is 35.5. The minimum Gasteiger partial charge on any atom is -0.232 e. The summed E-state index contributed by atoms with van der Waals surface area (Å²) in [6.07, 6.45) is 3.32. The van der Waals surface area contributed by atoms with Crippen LogP contribution in [-0.4, -0.2) is 6.61 Å². The van der Waals surface area contributed by atoms with Crippen LogP contribution in [0.2, 0.25) is 5.02 Å². The molecule has 0 aliphatic carbocycles. The third kappa shape index (κ3) is 2.74. The Bertz CT molecular complexity index is 255. The molecule has 0 aliphatic rings. The quantitative estimate of drug-likeness (QED) is 0.646. The summed E-state index contributed by atoms with van der Waals surface area (Å²) in [7, 11) is 0. The highest BCUT2D eigenvalue weighted by Crippen LogP contribution is 2.11. The average molecular weight is 168 g/mol. The zero-order chi connectivity index (χ0) is 8.10. The van der Waals surface area contributed by atoms with Gasteiger partial charge in [0.15, 0.2) is 0 Å². The SMILES string of the molecule is [O]C/C=C/c1cccc(Cl)c1. The maximum Gasteiger partial charge on any atom is 0.101 e. The molecule has 57 valence electrons. The number of benzene rings is 1. The first-order valence-electron chi connectivity index (χ1n) is 3.33. The van der Waals surface area contributed by atoms with E-state index >= 15 is 0 Å². The molecule has 11 heavy (non-hydrogen) atoms. The van der Waals surface area contributed by atoms with Gasteiger partial charge < -0.3 is 0 Å². The lowest BCUT2D eigenvalue weighted by atomic mass is 10.2. The Morgan fingerprint density at radius 1 is 1.45 bits per heavy atom. The van der Waals surface area contributed by atoms with E-state index in [1.54, 1.807) is 18.2 Å². The Morgan fingerprint density at radius 2 is 2.27 bits per heavy atom. The lowest BCUT2D eigenvalue weighted by Gasteiger charge is -1.92. The van der Waals surface area contributed by atoms with Crippen molar-refractivity contribution in [3.05, 3.63) is 40.9 Å². The molecular formula is C9H8ClO. The fourth-order valence-electron chi connectivity index (χ4n) is 0.794. The highest BCUT2D eigenvalue weighted by Gasteiger charge is 1.87. The first-order chi connectivity index (χ1) is 5.33. The van der Waals surface area contributed by atoms with Crippen molar-refractivity contribution in [3.8, 4) is 0 Å². The zero-order valence-electron chi connectivity index (χ0n) is 5.96. The molecule has 0 unspecified atom stereocenters. The van der Waals surface area contributed by atoms with Crippen LogP contribution in [0.25, 0.3) is 6.08 Å². The number of halogens is 1. The van der Waals surface area contributed by atoms with E-state index in [0.29, 0.717) is 5.02 Å².